The minimum atomic E-state index is -5.22. The summed E-state index contributed by atoms with van der Waals surface area (Å²) in [4.78, 5) is 22.9. The summed E-state index contributed by atoms with van der Waals surface area (Å²) in [6.07, 6.45) is -5.22. The highest BCUT2D eigenvalue weighted by atomic mass is 19.4. The monoisotopic (exact) mass is 282 g/mol. The molecule has 0 aliphatic rings. The highest BCUT2D eigenvalue weighted by Gasteiger charge is 2.38. The number of ether oxygens (including phenoxy) is 2. The molecule has 0 aromatic carbocycles. The zero-order valence-electron chi connectivity index (χ0n) is 9.09. The van der Waals surface area contributed by atoms with E-state index in [9.17, 15) is 28.1 Å². The number of nitro groups is 1. The molecule has 0 unspecified atom stereocenters. The van der Waals surface area contributed by atoms with Crippen molar-refractivity contribution in [1.82, 2.24) is 4.98 Å². The smallest absolute Gasteiger partial charge is 0.492 e. The standard InChI is InChI=1S/C8H5F3N2O6/c1-18-4-2-3(7(14)15)12-6(13(16)17)5(4)19-8(9,10)11/h2H,1H3,(H,14,15). The molecule has 0 atom stereocenters. The number of halogens is 3. The van der Waals surface area contributed by atoms with E-state index in [0.29, 0.717) is 6.07 Å². The summed E-state index contributed by atoms with van der Waals surface area (Å²) in [6, 6.07) is 0.580. The van der Waals surface area contributed by atoms with Crippen LogP contribution in [0.5, 0.6) is 11.5 Å². The maximum absolute atomic E-state index is 12.1. The lowest BCUT2D eigenvalue weighted by Gasteiger charge is -2.11. The summed E-state index contributed by atoms with van der Waals surface area (Å²) in [5.41, 5.74) is -0.849. The molecule has 0 bridgehead atoms. The van der Waals surface area contributed by atoms with Crippen molar-refractivity contribution < 1.29 is 37.5 Å². The number of alkyl halides is 3. The summed E-state index contributed by atoms with van der Waals surface area (Å²) in [6.45, 7) is 0. The van der Waals surface area contributed by atoms with E-state index >= 15 is 0 Å². The second-order valence-corrected chi connectivity index (χ2v) is 2.97. The van der Waals surface area contributed by atoms with Crippen molar-refractivity contribution in [1.29, 1.82) is 0 Å². The molecule has 0 fully saturated rings. The summed E-state index contributed by atoms with van der Waals surface area (Å²) in [7, 11) is 0.897. The van der Waals surface area contributed by atoms with E-state index < -0.39 is 40.3 Å². The zero-order chi connectivity index (χ0) is 14.8. The highest BCUT2D eigenvalue weighted by Crippen LogP contribution is 2.39. The van der Waals surface area contributed by atoms with Gasteiger partial charge in [0.2, 0.25) is 0 Å². The Morgan fingerprint density at radius 3 is 2.47 bits per heavy atom. The Labute approximate surface area is 102 Å². The SMILES string of the molecule is COc1cc(C(=O)O)nc([N+](=O)[O-])c1OC(F)(F)F. The molecule has 1 aromatic rings. The van der Waals surface area contributed by atoms with Crippen molar-refractivity contribution in [3.8, 4) is 11.5 Å². The maximum Gasteiger partial charge on any atom is 0.573 e. The molecule has 0 aliphatic heterocycles. The van der Waals surface area contributed by atoms with E-state index in [-0.39, 0.29) is 0 Å². The van der Waals surface area contributed by atoms with Crippen LogP contribution in [0.2, 0.25) is 0 Å². The van der Waals surface area contributed by atoms with E-state index in [2.05, 4.69) is 14.5 Å². The van der Waals surface area contributed by atoms with Crippen LogP contribution in [-0.2, 0) is 0 Å². The molecule has 1 N–H and O–H groups in total. The molecule has 8 nitrogen and oxygen atoms in total. The van der Waals surface area contributed by atoms with E-state index in [1.165, 1.54) is 0 Å². The third-order valence-electron chi connectivity index (χ3n) is 1.75. The van der Waals surface area contributed by atoms with Crippen LogP contribution >= 0.6 is 0 Å². The fourth-order valence-electron chi connectivity index (χ4n) is 1.09. The summed E-state index contributed by atoms with van der Waals surface area (Å²) in [5, 5.41) is 19.2. The van der Waals surface area contributed by atoms with Crippen LogP contribution in [-0.4, -0.2) is 34.5 Å². The first-order chi connectivity index (χ1) is 8.65. The normalized spacial score (nSPS) is 10.9. The van der Waals surface area contributed by atoms with Crippen LogP contribution in [0.15, 0.2) is 6.07 Å². The van der Waals surface area contributed by atoms with Gasteiger partial charge in [0.05, 0.1) is 7.11 Å². The van der Waals surface area contributed by atoms with Crippen molar-refractivity contribution in [2.75, 3.05) is 7.11 Å². The zero-order valence-corrected chi connectivity index (χ0v) is 9.09. The minimum Gasteiger partial charge on any atom is -0.492 e. The first-order valence-electron chi connectivity index (χ1n) is 4.38. The number of hydrogen-bond acceptors (Lipinski definition) is 6. The lowest BCUT2D eigenvalue weighted by molar-refractivity contribution is -0.393. The van der Waals surface area contributed by atoms with Gasteiger partial charge in [-0.1, -0.05) is 0 Å². The number of methoxy groups -OCH3 is 1. The Bertz CT molecular complexity index is 530. The predicted octanol–water partition coefficient (Wildman–Crippen LogP) is 1.60. The lowest BCUT2D eigenvalue weighted by atomic mass is 10.3. The number of carboxylic acid groups (broad SMARTS) is 1. The van der Waals surface area contributed by atoms with E-state index in [1.54, 1.807) is 0 Å². The Kier molecular flexibility index (Phi) is 3.77. The van der Waals surface area contributed by atoms with Gasteiger partial charge in [-0.25, -0.2) is 4.79 Å². The lowest BCUT2D eigenvalue weighted by Crippen LogP contribution is -2.19. The predicted molar refractivity (Wildman–Crippen MR) is 51.1 cm³/mol. The Morgan fingerprint density at radius 1 is 1.53 bits per heavy atom. The summed E-state index contributed by atoms with van der Waals surface area (Å²) >= 11 is 0. The largest absolute Gasteiger partial charge is 0.573 e. The van der Waals surface area contributed by atoms with Gasteiger partial charge in [-0.3, -0.25) is 0 Å². The second-order valence-electron chi connectivity index (χ2n) is 2.97. The first kappa shape index (κ1) is 14.5. The third-order valence-corrected chi connectivity index (χ3v) is 1.75. The second kappa shape index (κ2) is 4.96. The molecule has 0 radical (unpaired) electrons. The van der Waals surface area contributed by atoms with E-state index in [1.807, 2.05) is 0 Å². The van der Waals surface area contributed by atoms with Crippen LogP contribution < -0.4 is 9.47 Å². The molecule has 0 spiro atoms. The van der Waals surface area contributed by atoms with Crippen LogP contribution in [0.25, 0.3) is 0 Å². The van der Waals surface area contributed by atoms with E-state index in [4.69, 9.17) is 5.11 Å². The summed E-state index contributed by atoms with van der Waals surface area (Å²) in [5.74, 6) is -5.16. The molecule has 0 aliphatic carbocycles. The van der Waals surface area contributed by atoms with Gasteiger partial charge in [0, 0.05) is 6.07 Å². The van der Waals surface area contributed by atoms with Crippen molar-refractivity contribution in [2.24, 2.45) is 0 Å². The molecule has 0 amide bonds. The molecular weight excluding hydrogens is 277 g/mol. The van der Waals surface area contributed by atoms with Gasteiger partial charge in [-0.15, -0.1) is 13.2 Å². The van der Waals surface area contributed by atoms with Crippen molar-refractivity contribution >= 4 is 11.8 Å². The molecule has 19 heavy (non-hydrogen) atoms. The van der Waals surface area contributed by atoms with Gasteiger partial charge in [-0.2, -0.15) is 0 Å². The topological polar surface area (TPSA) is 112 Å². The molecule has 0 saturated heterocycles. The average Bonchev–Trinajstić information content (AvgIpc) is 2.26. The van der Waals surface area contributed by atoms with Gasteiger partial charge in [0.1, 0.15) is 0 Å². The van der Waals surface area contributed by atoms with E-state index in [0.717, 1.165) is 7.11 Å². The van der Waals surface area contributed by atoms with Gasteiger partial charge >= 0.3 is 18.1 Å². The Morgan fingerprint density at radius 2 is 2.11 bits per heavy atom. The number of aromatic carboxylic acids is 1. The number of nitrogens with zero attached hydrogens (tertiary/aromatic N) is 2. The third kappa shape index (κ3) is 3.43. The maximum atomic E-state index is 12.1. The number of carbonyl (C=O) groups is 1. The number of carboxylic acids is 1. The van der Waals surface area contributed by atoms with Gasteiger partial charge in [0.15, 0.2) is 5.75 Å². The van der Waals surface area contributed by atoms with Crippen molar-refractivity contribution in [3.63, 3.8) is 0 Å². The van der Waals surface area contributed by atoms with Gasteiger partial charge < -0.3 is 24.7 Å². The molecular formula is C8H5F3N2O6. The number of aromatic nitrogens is 1. The van der Waals surface area contributed by atoms with Crippen molar-refractivity contribution in [2.45, 2.75) is 6.36 Å². The Hall–Kier alpha value is -2.59. The highest BCUT2D eigenvalue weighted by molar-refractivity contribution is 5.86. The summed E-state index contributed by atoms with van der Waals surface area (Å²) < 4.78 is 44.2. The molecule has 1 heterocycles. The van der Waals surface area contributed by atoms with Crippen LogP contribution in [0.4, 0.5) is 19.0 Å². The molecule has 1 rings (SSSR count). The molecule has 104 valence electrons. The van der Waals surface area contributed by atoms with Crippen LogP contribution in [0.1, 0.15) is 10.5 Å². The van der Waals surface area contributed by atoms with Crippen LogP contribution in [0.3, 0.4) is 0 Å². The van der Waals surface area contributed by atoms with Gasteiger partial charge in [0.25, 0.3) is 11.4 Å². The van der Waals surface area contributed by atoms with Gasteiger partial charge in [-0.05, 0) is 9.91 Å². The molecule has 0 saturated carbocycles. The minimum absolute atomic E-state index is 0.580. The van der Waals surface area contributed by atoms with Crippen molar-refractivity contribution in [3.05, 3.63) is 21.9 Å². The molecule has 11 heteroatoms. The first-order valence-corrected chi connectivity index (χ1v) is 4.38. The molecule has 1 aromatic heterocycles. The number of pyridine rings is 1. The Balaban J connectivity index is 3.49. The fraction of sp³-hybridized carbons (Fsp3) is 0.250. The fourth-order valence-corrected chi connectivity index (χ4v) is 1.09. The number of hydrogen-bond donors (Lipinski definition) is 1. The quantitative estimate of drug-likeness (QED) is 0.659. The average molecular weight is 282 g/mol. The number of rotatable bonds is 4. The van der Waals surface area contributed by atoms with Crippen LogP contribution in [0, 0.1) is 10.1 Å².